The van der Waals surface area contributed by atoms with Crippen LogP contribution in [0.15, 0.2) is 17.3 Å². The Balaban J connectivity index is 2.16. The van der Waals surface area contributed by atoms with Crippen LogP contribution in [0.3, 0.4) is 0 Å². The number of hydrogen-bond acceptors (Lipinski definition) is 2. The summed E-state index contributed by atoms with van der Waals surface area (Å²) in [5, 5.41) is 3.29. The Kier molecular flexibility index (Phi) is 1.12. The summed E-state index contributed by atoms with van der Waals surface area (Å²) in [5.74, 6) is 0.672. The van der Waals surface area contributed by atoms with E-state index in [0.29, 0.717) is 5.92 Å². The summed E-state index contributed by atoms with van der Waals surface area (Å²) in [6, 6.07) is 0. The lowest BCUT2D eigenvalue weighted by Crippen LogP contribution is -2.34. The van der Waals surface area contributed by atoms with Crippen molar-refractivity contribution in [3.05, 3.63) is 12.3 Å². The molecule has 1 fully saturated rings. The smallest absolute Gasteiger partial charge is 0.0386 e. The summed E-state index contributed by atoms with van der Waals surface area (Å²) in [4.78, 5) is 4.23. The fourth-order valence-corrected chi connectivity index (χ4v) is 1.36. The molecule has 0 aromatic rings. The van der Waals surface area contributed by atoms with Crippen LogP contribution >= 0.6 is 0 Å². The highest BCUT2D eigenvalue weighted by Gasteiger charge is 2.19. The summed E-state index contributed by atoms with van der Waals surface area (Å²) in [6.07, 6.45) is 5.35. The van der Waals surface area contributed by atoms with Crippen LogP contribution in [-0.4, -0.2) is 18.8 Å². The van der Waals surface area contributed by atoms with Gasteiger partial charge in [0.25, 0.3) is 0 Å². The van der Waals surface area contributed by atoms with Gasteiger partial charge in [-0.25, -0.2) is 0 Å². The maximum Gasteiger partial charge on any atom is 0.0386 e. The van der Waals surface area contributed by atoms with Gasteiger partial charge in [0.1, 0.15) is 0 Å². The van der Waals surface area contributed by atoms with Gasteiger partial charge in [-0.15, -0.1) is 0 Å². The van der Waals surface area contributed by atoms with Crippen LogP contribution in [0.4, 0.5) is 0 Å². The minimum absolute atomic E-state index is 0.672. The van der Waals surface area contributed by atoms with Crippen molar-refractivity contribution in [2.24, 2.45) is 10.9 Å². The Bertz CT molecular complexity index is 170. The SMILES string of the molecule is C1=CC2CCNCC2=N1. The molecule has 2 nitrogen and oxygen atoms in total. The molecular formula is C7H10N2. The standard InChI is InChI=1S/C7H10N2/c1-3-8-5-7-6(1)2-4-9-7/h2,4,6,8H,1,3,5H2. The molecule has 0 aliphatic carbocycles. The Labute approximate surface area is 54.7 Å². The molecule has 0 aromatic carbocycles. The van der Waals surface area contributed by atoms with E-state index in [-0.39, 0.29) is 0 Å². The Morgan fingerprint density at radius 2 is 2.67 bits per heavy atom. The van der Waals surface area contributed by atoms with Crippen LogP contribution < -0.4 is 5.32 Å². The highest BCUT2D eigenvalue weighted by atomic mass is 14.9. The first-order valence-corrected chi connectivity index (χ1v) is 3.41. The molecule has 1 unspecified atom stereocenters. The second-order valence-corrected chi connectivity index (χ2v) is 2.53. The maximum atomic E-state index is 4.23. The normalized spacial score (nSPS) is 32.0. The number of aliphatic imine (C=N–C) groups is 1. The van der Waals surface area contributed by atoms with E-state index in [0.717, 1.165) is 13.1 Å². The van der Waals surface area contributed by atoms with E-state index in [2.05, 4.69) is 16.4 Å². The number of fused-ring (bicyclic) bond motifs is 1. The molecule has 2 aliphatic rings. The molecule has 2 rings (SSSR count). The Morgan fingerprint density at radius 1 is 1.67 bits per heavy atom. The van der Waals surface area contributed by atoms with E-state index < -0.39 is 0 Å². The van der Waals surface area contributed by atoms with Gasteiger partial charge in [-0.1, -0.05) is 6.08 Å². The second kappa shape index (κ2) is 1.95. The molecule has 0 radical (unpaired) electrons. The summed E-state index contributed by atoms with van der Waals surface area (Å²) < 4.78 is 0. The predicted octanol–water partition coefficient (Wildman–Crippen LogP) is 0.564. The number of hydrogen-bond donors (Lipinski definition) is 1. The minimum Gasteiger partial charge on any atom is -0.311 e. The van der Waals surface area contributed by atoms with Crippen LogP contribution in [0, 0.1) is 5.92 Å². The average molecular weight is 122 g/mol. The molecule has 0 saturated carbocycles. The van der Waals surface area contributed by atoms with Crippen molar-refractivity contribution in [1.29, 1.82) is 0 Å². The zero-order chi connectivity index (χ0) is 6.10. The van der Waals surface area contributed by atoms with Crippen molar-refractivity contribution in [2.75, 3.05) is 13.1 Å². The van der Waals surface area contributed by atoms with Crippen molar-refractivity contribution in [2.45, 2.75) is 6.42 Å². The van der Waals surface area contributed by atoms with Crippen LogP contribution in [0.25, 0.3) is 0 Å². The van der Waals surface area contributed by atoms with Crippen LogP contribution in [0.1, 0.15) is 6.42 Å². The van der Waals surface area contributed by atoms with Crippen LogP contribution in [0.5, 0.6) is 0 Å². The highest BCUT2D eigenvalue weighted by Crippen LogP contribution is 2.15. The summed E-state index contributed by atoms with van der Waals surface area (Å²) >= 11 is 0. The third-order valence-corrected chi connectivity index (χ3v) is 1.92. The minimum atomic E-state index is 0.672. The van der Waals surface area contributed by atoms with Gasteiger partial charge in [-0.05, 0) is 13.0 Å². The van der Waals surface area contributed by atoms with Crippen LogP contribution in [-0.2, 0) is 0 Å². The lowest BCUT2D eigenvalue weighted by atomic mass is 9.98. The first-order valence-electron chi connectivity index (χ1n) is 3.41. The molecule has 1 N–H and O–H groups in total. The molecule has 48 valence electrons. The number of piperidine rings is 1. The van der Waals surface area contributed by atoms with Crippen molar-refractivity contribution in [1.82, 2.24) is 5.32 Å². The molecule has 2 aliphatic heterocycles. The molecule has 0 amide bonds. The zero-order valence-corrected chi connectivity index (χ0v) is 5.30. The third-order valence-electron chi connectivity index (χ3n) is 1.92. The first kappa shape index (κ1) is 5.18. The van der Waals surface area contributed by atoms with Crippen molar-refractivity contribution in [3.8, 4) is 0 Å². The van der Waals surface area contributed by atoms with E-state index in [1.165, 1.54) is 12.1 Å². The van der Waals surface area contributed by atoms with E-state index in [4.69, 9.17) is 0 Å². The molecule has 0 spiro atoms. The number of rotatable bonds is 0. The largest absolute Gasteiger partial charge is 0.311 e. The van der Waals surface area contributed by atoms with E-state index in [9.17, 15) is 0 Å². The number of nitrogens with zero attached hydrogens (tertiary/aromatic N) is 1. The fraction of sp³-hybridized carbons (Fsp3) is 0.571. The second-order valence-electron chi connectivity index (χ2n) is 2.53. The Morgan fingerprint density at radius 3 is 3.56 bits per heavy atom. The van der Waals surface area contributed by atoms with E-state index in [1.54, 1.807) is 0 Å². The highest BCUT2D eigenvalue weighted by molar-refractivity contribution is 5.92. The third kappa shape index (κ3) is 0.793. The average Bonchev–Trinajstić information content (AvgIpc) is 2.33. The van der Waals surface area contributed by atoms with Gasteiger partial charge >= 0.3 is 0 Å². The summed E-state index contributed by atoms with van der Waals surface area (Å²) in [6.45, 7) is 2.14. The molecule has 9 heavy (non-hydrogen) atoms. The monoisotopic (exact) mass is 122 g/mol. The number of allylic oxidation sites excluding steroid dienone is 1. The lowest BCUT2D eigenvalue weighted by molar-refractivity contribution is 0.612. The van der Waals surface area contributed by atoms with Crippen molar-refractivity contribution < 1.29 is 0 Å². The quantitative estimate of drug-likeness (QED) is 0.499. The van der Waals surface area contributed by atoms with Crippen molar-refractivity contribution >= 4 is 5.71 Å². The molecule has 1 atom stereocenters. The van der Waals surface area contributed by atoms with Gasteiger partial charge in [0.2, 0.25) is 0 Å². The molecule has 0 bridgehead atoms. The predicted molar refractivity (Wildman–Crippen MR) is 37.6 cm³/mol. The zero-order valence-electron chi connectivity index (χ0n) is 5.30. The molecule has 2 heteroatoms. The van der Waals surface area contributed by atoms with Gasteiger partial charge in [0.05, 0.1) is 0 Å². The van der Waals surface area contributed by atoms with Gasteiger partial charge < -0.3 is 5.32 Å². The number of nitrogens with one attached hydrogen (secondary N) is 1. The summed E-state index contributed by atoms with van der Waals surface area (Å²) in [5.41, 5.74) is 1.32. The van der Waals surface area contributed by atoms with E-state index in [1.807, 2.05) is 6.20 Å². The molecular weight excluding hydrogens is 112 g/mol. The molecule has 1 saturated heterocycles. The van der Waals surface area contributed by atoms with Gasteiger partial charge in [0.15, 0.2) is 0 Å². The van der Waals surface area contributed by atoms with Crippen molar-refractivity contribution in [3.63, 3.8) is 0 Å². The molecule has 2 heterocycles. The van der Waals surface area contributed by atoms with Crippen LogP contribution in [0.2, 0.25) is 0 Å². The molecule has 0 aromatic heterocycles. The first-order chi connectivity index (χ1) is 4.47. The Hall–Kier alpha value is -0.630. The summed E-state index contributed by atoms with van der Waals surface area (Å²) in [7, 11) is 0. The topological polar surface area (TPSA) is 24.4 Å². The lowest BCUT2D eigenvalue weighted by Gasteiger charge is -2.18. The van der Waals surface area contributed by atoms with E-state index >= 15 is 0 Å². The maximum absolute atomic E-state index is 4.23. The van der Waals surface area contributed by atoms with Gasteiger partial charge in [0, 0.05) is 24.4 Å². The van der Waals surface area contributed by atoms with Gasteiger partial charge in [-0.2, -0.15) is 0 Å². The fourth-order valence-electron chi connectivity index (χ4n) is 1.36. The van der Waals surface area contributed by atoms with Gasteiger partial charge in [-0.3, -0.25) is 4.99 Å².